The molecule has 96 valence electrons. The molecule has 0 unspecified atom stereocenters. The maximum atomic E-state index is 11.0. The molecule has 3 heterocycles. The molecular formula is C9H7N7O2S. The van der Waals surface area contributed by atoms with E-state index in [0.717, 1.165) is 22.7 Å². The van der Waals surface area contributed by atoms with Gasteiger partial charge in [0, 0.05) is 11.1 Å². The molecule has 0 aliphatic rings. The number of aromatic amines is 1. The molecule has 0 saturated heterocycles. The molecule has 0 saturated carbocycles. The third kappa shape index (κ3) is 1.91. The highest BCUT2D eigenvalue weighted by Gasteiger charge is 2.22. The fourth-order valence-corrected chi connectivity index (χ4v) is 2.36. The van der Waals surface area contributed by atoms with E-state index in [1.807, 2.05) is 0 Å². The molecule has 0 spiro atoms. The van der Waals surface area contributed by atoms with E-state index in [1.165, 1.54) is 12.7 Å². The van der Waals surface area contributed by atoms with Gasteiger partial charge in [0.25, 0.3) is 0 Å². The fraction of sp³-hybridized carbons (Fsp3) is 0.111. The van der Waals surface area contributed by atoms with Crippen molar-refractivity contribution in [1.29, 1.82) is 0 Å². The van der Waals surface area contributed by atoms with E-state index in [2.05, 4.69) is 24.9 Å². The molecule has 3 aromatic heterocycles. The average Bonchev–Trinajstić information content (AvgIpc) is 3.04. The van der Waals surface area contributed by atoms with Crippen molar-refractivity contribution in [1.82, 2.24) is 29.5 Å². The maximum Gasteiger partial charge on any atom is 0.396 e. The van der Waals surface area contributed by atoms with Crippen molar-refractivity contribution in [2.24, 2.45) is 6.98 Å². The van der Waals surface area contributed by atoms with E-state index >= 15 is 0 Å². The Kier molecular flexibility index (Phi) is 1.95. The third-order valence-corrected chi connectivity index (χ3v) is 3.34. The first-order valence-electron chi connectivity index (χ1n) is 6.42. The molecule has 0 aromatic carbocycles. The van der Waals surface area contributed by atoms with Gasteiger partial charge >= 0.3 is 5.82 Å². The van der Waals surface area contributed by atoms with Gasteiger partial charge in [-0.1, -0.05) is 0 Å². The average molecular weight is 280 g/mol. The Hall–Kier alpha value is -2.49. The molecule has 0 atom stereocenters. The number of H-pyrrole nitrogens is 1. The van der Waals surface area contributed by atoms with Crippen molar-refractivity contribution in [3.63, 3.8) is 0 Å². The molecular weight excluding hydrogens is 270 g/mol. The molecule has 0 fully saturated rings. The summed E-state index contributed by atoms with van der Waals surface area (Å²) in [7, 11) is 0. The zero-order valence-electron chi connectivity index (χ0n) is 12.1. The van der Waals surface area contributed by atoms with E-state index in [1.54, 1.807) is 0 Å². The largest absolute Gasteiger partial charge is 0.396 e. The SMILES string of the molecule is [2H]C([2H])([2H])n1cnc([N+](=O)[O-])c1Sc1ncnc2nc[nH]c12. The van der Waals surface area contributed by atoms with Crippen molar-refractivity contribution in [2.75, 3.05) is 0 Å². The van der Waals surface area contributed by atoms with Gasteiger partial charge in [-0.2, -0.15) is 0 Å². The van der Waals surface area contributed by atoms with Crippen LogP contribution in [0.15, 0.2) is 29.0 Å². The lowest BCUT2D eigenvalue weighted by atomic mass is 10.6. The molecule has 19 heavy (non-hydrogen) atoms. The van der Waals surface area contributed by atoms with Crippen molar-refractivity contribution in [2.45, 2.75) is 10.1 Å². The van der Waals surface area contributed by atoms with Gasteiger partial charge in [0.05, 0.1) is 6.33 Å². The summed E-state index contributed by atoms with van der Waals surface area (Å²) in [5.74, 6) is -0.549. The fourth-order valence-electron chi connectivity index (χ4n) is 1.46. The third-order valence-electron chi connectivity index (χ3n) is 2.26. The molecule has 0 amide bonds. The Balaban J connectivity index is 2.13. The second-order valence-corrected chi connectivity index (χ2v) is 4.36. The minimum absolute atomic E-state index is 0.139. The van der Waals surface area contributed by atoms with Gasteiger partial charge in [-0.15, -0.1) is 0 Å². The van der Waals surface area contributed by atoms with Crippen LogP contribution in [0.5, 0.6) is 0 Å². The number of fused-ring (bicyclic) bond motifs is 1. The van der Waals surface area contributed by atoms with Crippen LogP contribution in [-0.2, 0) is 6.98 Å². The van der Waals surface area contributed by atoms with Crippen LogP contribution in [0.3, 0.4) is 0 Å². The van der Waals surface area contributed by atoms with E-state index in [4.69, 9.17) is 4.11 Å². The minimum atomic E-state index is -2.59. The van der Waals surface area contributed by atoms with Gasteiger partial charge in [0.2, 0.25) is 6.33 Å². The van der Waals surface area contributed by atoms with E-state index < -0.39 is 17.7 Å². The standard InChI is InChI=1S/C9H7N7O2S/c1-15-4-14-7(16(17)18)9(15)19-8-5-6(11-2-10-5)12-3-13-8/h2-4H,1H3,(H,10,11,12,13)/i1D3. The first kappa shape index (κ1) is 8.58. The van der Waals surface area contributed by atoms with Crippen LogP contribution >= 0.6 is 11.8 Å². The molecule has 0 aliphatic carbocycles. The highest BCUT2D eigenvalue weighted by Crippen LogP contribution is 2.34. The summed E-state index contributed by atoms with van der Waals surface area (Å²) in [4.78, 5) is 28.6. The summed E-state index contributed by atoms with van der Waals surface area (Å²) in [5, 5.41) is 11.2. The second-order valence-electron chi connectivity index (χ2n) is 3.38. The Morgan fingerprint density at radius 2 is 2.37 bits per heavy atom. The molecule has 0 radical (unpaired) electrons. The summed E-state index contributed by atoms with van der Waals surface area (Å²) in [6.07, 6.45) is 3.56. The molecule has 0 aliphatic heterocycles. The number of imidazole rings is 2. The lowest BCUT2D eigenvalue weighted by Gasteiger charge is -2.01. The van der Waals surface area contributed by atoms with E-state index in [-0.39, 0.29) is 5.03 Å². The van der Waals surface area contributed by atoms with Crippen molar-refractivity contribution in [3.05, 3.63) is 29.1 Å². The van der Waals surface area contributed by atoms with Crippen LogP contribution in [0.1, 0.15) is 4.11 Å². The topological polar surface area (TPSA) is 115 Å². The quantitative estimate of drug-likeness (QED) is 0.434. The highest BCUT2D eigenvalue weighted by atomic mass is 32.2. The summed E-state index contributed by atoms with van der Waals surface area (Å²) in [6, 6.07) is 0. The zero-order valence-corrected chi connectivity index (χ0v) is 9.96. The van der Waals surface area contributed by atoms with Crippen LogP contribution in [0.4, 0.5) is 5.82 Å². The molecule has 10 heteroatoms. The van der Waals surface area contributed by atoms with Crippen molar-refractivity contribution in [3.8, 4) is 0 Å². The number of nitrogens with one attached hydrogen (secondary N) is 1. The van der Waals surface area contributed by atoms with Gasteiger partial charge in [-0.3, -0.25) is 0 Å². The minimum Gasteiger partial charge on any atom is -0.358 e. The van der Waals surface area contributed by atoms with Crippen LogP contribution in [0, 0.1) is 10.1 Å². The summed E-state index contributed by atoms with van der Waals surface area (Å²) < 4.78 is 23.1. The Morgan fingerprint density at radius 3 is 3.16 bits per heavy atom. The van der Waals surface area contributed by atoms with Gasteiger partial charge in [-0.05, 0) is 21.7 Å². The number of hydrogen-bond acceptors (Lipinski definition) is 7. The summed E-state index contributed by atoms with van der Waals surface area (Å²) in [6.45, 7) is -2.59. The van der Waals surface area contributed by atoms with Crippen LogP contribution in [-0.4, -0.2) is 34.4 Å². The molecule has 3 aromatic rings. The zero-order chi connectivity index (χ0) is 15.9. The maximum absolute atomic E-state index is 11.0. The smallest absolute Gasteiger partial charge is 0.358 e. The van der Waals surface area contributed by atoms with Crippen molar-refractivity contribution >= 4 is 28.7 Å². The Labute approximate surface area is 114 Å². The summed E-state index contributed by atoms with van der Waals surface area (Å²) >= 11 is 0.813. The van der Waals surface area contributed by atoms with Gasteiger partial charge in [-0.25, -0.2) is 15.0 Å². The predicted molar refractivity (Wildman–Crippen MR) is 65.7 cm³/mol. The number of nitro groups is 1. The number of hydrogen-bond donors (Lipinski definition) is 1. The number of aryl methyl sites for hydroxylation is 1. The van der Waals surface area contributed by atoms with Gasteiger partial charge in [0.1, 0.15) is 16.9 Å². The van der Waals surface area contributed by atoms with E-state index in [9.17, 15) is 10.1 Å². The van der Waals surface area contributed by atoms with Crippen LogP contribution in [0.25, 0.3) is 11.2 Å². The lowest BCUT2D eigenvalue weighted by molar-refractivity contribution is -0.392. The number of nitrogens with zero attached hydrogens (tertiary/aromatic N) is 6. The molecule has 9 nitrogen and oxygen atoms in total. The first-order chi connectivity index (χ1) is 10.4. The van der Waals surface area contributed by atoms with E-state index in [0.29, 0.717) is 16.2 Å². The molecule has 1 N–H and O–H groups in total. The Bertz CT molecular complexity index is 858. The molecule has 3 rings (SSSR count). The first-order valence-corrected chi connectivity index (χ1v) is 5.73. The number of rotatable bonds is 3. The second kappa shape index (κ2) is 4.31. The van der Waals surface area contributed by atoms with Crippen LogP contribution < -0.4 is 0 Å². The predicted octanol–water partition coefficient (Wildman–Crippen LogP) is 1.15. The van der Waals surface area contributed by atoms with Crippen molar-refractivity contribution < 1.29 is 9.04 Å². The summed E-state index contributed by atoms with van der Waals surface area (Å²) in [5.41, 5.74) is 0.834. The lowest BCUT2D eigenvalue weighted by Crippen LogP contribution is -1.95. The monoisotopic (exact) mass is 280 g/mol. The Morgan fingerprint density at radius 1 is 1.47 bits per heavy atom. The normalized spacial score (nSPS) is 14.0. The highest BCUT2D eigenvalue weighted by molar-refractivity contribution is 7.99. The number of aromatic nitrogens is 6. The van der Waals surface area contributed by atoms with Crippen LogP contribution in [0.2, 0.25) is 0 Å². The molecule has 0 bridgehead atoms. The van der Waals surface area contributed by atoms with Gasteiger partial charge in [0.15, 0.2) is 10.7 Å². The van der Waals surface area contributed by atoms with Gasteiger partial charge < -0.3 is 19.7 Å².